The number of nitrogens with two attached hydrogens (primary N) is 1. The van der Waals surface area contributed by atoms with E-state index < -0.39 is 18.0 Å². The van der Waals surface area contributed by atoms with E-state index in [0.29, 0.717) is 28.5 Å². The van der Waals surface area contributed by atoms with E-state index in [0.717, 1.165) is 29.8 Å². The molecule has 9 heteroatoms. The molecule has 38 heavy (non-hydrogen) atoms. The van der Waals surface area contributed by atoms with E-state index in [2.05, 4.69) is 4.90 Å². The lowest BCUT2D eigenvalue weighted by molar-refractivity contribution is 0.0688. The summed E-state index contributed by atoms with van der Waals surface area (Å²) in [5.41, 5.74) is 8.97. The van der Waals surface area contributed by atoms with Gasteiger partial charge in [-0.05, 0) is 85.3 Å². The van der Waals surface area contributed by atoms with E-state index in [1.54, 1.807) is 12.1 Å². The van der Waals surface area contributed by atoms with Crippen molar-refractivity contribution in [3.8, 4) is 6.07 Å². The normalized spacial score (nSPS) is 14.0. The standard InChI is InChI=1S/C26H23ClFN5O.C3H7F/c27-22-6-4-19(5-7-22)24(20-2-1-3-21(12-20)25(30)34-26(31)32)33-14-18(15-33)9-16-8-17(13-29)11-23(28)10-16;1-3(2)4/h1-8,10-12,18,24,30H,9,14-15H2,(H3,31,32);3H,1-2H3. The summed E-state index contributed by atoms with van der Waals surface area (Å²) in [5.74, 6) is -0.257. The van der Waals surface area contributed by atoms with E-state index in [4.69, 9.17) is 38.2 Å². The fourth-order valence-electron chi connectivity index (χ4n) is 4.39. The Hall–Kier alpha value is -3.80. The van der Waals surface area contributed by atoms with Gasteiger partial charge in [0.05, 0.1) is 23.8 Å². The molecule has 1 atom stereocenters. The predicted molar refractivity (Wildman–Crippen MR) is 146 cm³/mol. The molecule has 0 bridgehead atoms. The Morgan fingerprint density at radius 1 is 1.11 bits per heavy atom. The summed E-state index contributed by atoms with van der Waals surface area (Å²) in [5, 5.41) is 25.1. The number of halogens is 3. The Kier molecular flexibility index (Phi) is 9.94. The molecule has 0 aliphatic carbocycles. The van der Waals surface area contributed by atoms with E-state index in [1.807, 2.05) is 48.5 Å². The predicted octanol–water partition coefficient (Wildman–Crippen LogP) is 6.21. The van der Waals surface area contributed by atoms with Crippen LogP contribution in [0.3, 0.4) is 0 Å². The summed E-state index contributed by atoms with van der Waals surface area (Å²) in [6, 6.07) is 21.0. The molecule has 4 rings (SSSR count). The second-order valence-electron chi connectivity index (χ2n) is 9.37. The molecule has 1 saturated heterocycles. The van der Waals surface area contributed by atoms with Crippen LogP contribution in [0.4, 0.5) is 8.78 Å². The first kappa shape index (κ1) is 28.8. The van der Waals surface area contributed by atoms with Crippen molar-refractivity contribution in [2.45, 2.75) is 32.5 Å². The maximum absolute atomic E-state index is 13.8. The van der Waals surface area contributed by atoms with Gasteiger partial charge in [-0.1, -0.05) is 35.9 Å². The number of ether oxygens (including phenoxy) is 1. The first-order chi connectivity index (χ1) is 18.0. The van der Waals surface area contributed by atoms with Crippen LogP contribution >= 0.6 is 11.6 Å². The molecule has 1 heterocycles. The van der Waals surface area contributed by atoms with Crippen molar-refractivity contribution >= 4 is 23.5 Å². The molecule has 1 fully saturated rings. The number of nitrogens with one attached hydrogen (secondary N) is 2. The lowest BCUT2D eigenvalue weighted by Gasteiger charge is -2.45. The quantitative estimate of drug-likeness (QED) is 0.256. The highest BCUT2D eigenvalue weighted by atomic mass is 35.5. The number of alkyl halides is 1. The smallest absolute Gasteiger partial charge is 0.285 e. The van der Waals surface area contributed by atoms with Crippen LogP contribution in [0.15, 0.2) is 66.7 Å². The van der Waals surface area contributed by atoms with E-state index in [1.165, 1.54) is 26.0 Å². The highest BCUT2D eigenvalue weighted by Gasteiger charge is 2.34. The summed E-state index contributed by atoms with van der Waals surface area (Å²) in [7, 11) is 0. The van der Waals surface area contributed by atoms with Crippen molar-refractivity contribution < 1.29 is 13.5 Å². The van der Waals surface area contributed by atoms with Crippen molar-refractivity contribution in [3.63, 3.8) is 0 Å². The maximum atomic E-state index is 13.8. The number of amidine groups is 1. The fraction of sp³-hybridized carbons (Fsp3) is 0.276. The third-order valence-corrected chi connectivity index (χ3v) is 6.08. The minimum Gasteiger partial charge on any atom is -0.407 e. The number of nitriles is 1. The van der Waals surface area contributed by atoms with Crippen molar-refractivity contribution in [2.75, 3.05) is 13.1 Å². The van der Waals surface area contributed by atoms with Crippen LogP contribution in [0.5, 0.6) is 0 Å². The van der Waals surface area contributed by atoms with Gasteiger partial charge in [0, 0.05) is 23.7 Å². The average molecular weight is 538 g/mol. The van der Waals surface area contributed by atoms with Crippen molar-refractivity contribution in [2.24, 2.45) is 11.7 Å². The summed E-state index contributed by atoms with van der Waals surface area (Å²) in [4.78, 5) is 2.31. The summed E-state index contributed by atoms with van der Waals surface area (Å²) >= 11 is 6.11. The number of hydrogen-bond donors (Lipinski definition) is 3. The monoisotopic (exact) mass is 537 g/mol. The zero-order valence-electron chi connectivity index (χ0n) is 21.2. The third kappa shape index (κ3) is 8.10. The summed E-state index contributed by atoms with van der Waals surface area (Å²) in [6.07, 6.45) is 0.0212. The highest BCUT2D eigenvalue weighted by molar-refractivity contribution is 6.30. The molecule has 3 aromatic carbocycles. The molecule has 3 aromatic rings. The van der Waals surface area contributed by atoms with Gasteiger partial charge < -0.3 is 10.5 Å². The van der Waals surface area contributed by atoms with Gasteiger partial charge in [0.2, 0.25) is 5.90 Å². The third-order valence-electron chi connectivity index (χ3n) is 5.82. The topological polar surface area (TPSA) is 110 Å². The molecule has 0 saturated carbocycles. The Morgan fingerprint density at radius 3 is 2.37 bits per heavy atom. The molecular formula is C29H30ClF2N5O. The average Bonchev–Trinajstić information content (AvgIpc) is 2.82. The van der Waals surface area contributed by atoms with E-state index in [-0.39, 0.29) is 11.9 Å². The molecule has 0 amide bonds. The Bertz CT molecular complexity index is 1310. The lowest BCUT2D eigenvalue weighted by Crippen LogP contribution is -2.49. The lowest BCUT2D eigenvalue weighted by atomic mass is 9.86. The van der Waals surface area contributed by atoms with E-state index >= 15 is 0 Å². The molecule has 4 N–H and O–H groups in total. The molecule has 0 radical (unpaired) electrons. The first-order valence-electron chi connectivity index (χ1n) is 12.1. The molecule has 1 aliphatic heterocycles. The molecule has 0 aromatic heterocycles. The SMILES string of the molecule is CC(C)F.N#Cc1cc(F)cc(CC2CN(C(c3ccc(Cl)cc3)c3cccc(C(=N)OC(=N)N)c3)C2)c1. The zero-order valence-corrected chi connectivity index (χ0v) is 22.0. The molecule has 198 valence electrons. The minimum atomic E-state index is -0.667. The Labute approximate surface area is 226 Å². The van der Waals surface area contributed by atoms with Crippen LogP contribution in [0.2, 0.25) is 5.02 Å². The Morgan fingerprint density at radius 2 is 1.76 bits per heavy atom. The van der Waals surface area contributed by atoms with Gasteiger partial charge in [-0.15, -0.1) is 0 Å². The van der Waals surface area contributed by atoms with Crippen LogP contribution in [-0.4, -0.2) is 36.1 Å². The molecular weight excluding hydrogens is 508 g/mol. The fourth-order valence-corrected chi connectivity index (χ4v) is 4.52. The Balaban J connectivity index is 0.000000934. The largest absolute Gasteiger partial charge is 0.407 e. The highest BCUT2D eigenvalue weighted by Crippen LogP contribution is 2.36. The minimum absolute atomic E-state index is 0.0826. The second kappa shape index (κ2) is 13.1. The van der Waals surface area contributed by atoms with Crippen LogP contribution in [0, 0.1) is 33.9 Å². The van der Waals surface area contributed by atoms with Gasteiger partial charge in [0.25, 0.3) is 6.02 Å². The van der Waals surface area contributed by atoms with Crippen molar-refractivity contribution in [1.82, 2.24) is 4.90 Å². The summed E-state index contributed by atoms with van der Waals surface area (Å²) in [6.45, 7) is 4.58. The van der Waals surface area contributed by atoms with Crippen molar-refractivity contribution in [3.05, 3.63) is 105 Å². The molecule has 6 nitrogen and oxygen atoms in total. The van der Waals surface area contributed by atoms with Gasteiger partial charge >= 0.3 is 0 Å². The van der Waals surface area contributed by atoms with Gasteiger partial charge in [-0.25, -0.2) is 8.78 Å². The second-order valence-corrected chi connectivity index (χ2v) is 9.81. The number of rotatable bonds is 6. The van der Waals surface area contributed by atoms with Gasteiger partial charge in [0.1, 0.15) is 5.82 Å². The van der Waals surface area contributed by atoms with Crippen LogP contribution in [0.25, 0.3) is 0 Å². The van der Waals surface area contributed by atoms with Crippen LogP contribution < -0.4 is 5.73 Å². The first-order valence-corrected chi connectivity index (χ1v) is 12.5. The van der Waals surface area contributed by atoms with Crippen LogP contribution in [-0.2, 0) is 11.2 Å². The molecule has 1 unspecified atom stereocenters. The van der Waals surface area contributed by atoms with Crippen molar-refractivity contribution in [1.29, 1.82) is 16.1 Å². The number of benzene rings is 3. The number of nitrogens with zero attached hydrogens (tertiary/aromatic N) is 2. The summed E-state index contributed by atoms with van der Waals surface area (Å²) < 4.78 is 29.8. The number of likely N-dealkylation sites (tertiary alicyclic amines) is 1. The van der Waals surface area contributed by atoms with Gasteiger partial charge in [-0.3, -0.25) is 15.7 Å². The van der Waals surface area contributed by atoms with Gasteiger partial charge in [0.15, 0.2) is 0 Å². The molecule has 0 spiro atoms. The van der Waals surface area contributed by atoms with E-state index in [9.17, 15) is 8.78 Å². The zero-order chi connectivity index (χ0) is 27.8. The maximum Gasteiger partial charge on any atom is 0.285 e. The molecule has 1 aliphatic rings. The van der Waals surface area contributed by atoms with Gasteiger partial charge in [-0.2, -0.15) is 5.26 Å². The van der Waals surface area contributed by atoms with Crippen LogP contribution in [0.1, 0.15) is 47.7 Å². The number of hydrogen-bond acceptors (Lipinski definition) is 5.